The summed E-state index contributed by atoms with van der Waals surface area (Å²) in [6.45, 7) is 1.08. The van der Waals surface area contributed by atoms with Gasteiger partial charge in [0.2, 0.25) is 0 Å². The highest BCUT2D eigenvalue weighted by Gasteiger charge is 2.28. The molecule has 0 saturated carbocycles. The largest absolute Gasteiger partial charge is 0.394 e. The fourth-order valence-corrected chi connectivity index (χ4v) is 2.95. The van der Waals surface area contributed by atoms with Crippen LogP contribution < -0.4 is 0 Å². The molecule has 1 atom stereocenters. The summed E-state index contributed by atoms with van der Waals surface area (Å²) in [6.07, 6.45) is 0.417. The van der Waals surface area contributed by atoms with E-state index in [0.29, 0.717) is 26.2 Å². The van der Waals surface area contributed by atoms with E-state index in [1.165, 1.54) is 0 Å². The first-order valence-electron chi connectivity index (χ1n) is 4.65. The van der Waals surface area contributed by atoms with Crippen LogP contribution in [0, 0.1) is 0 Å². The number of sulfone groups is 1. The molecule has 0 radical (unpaired) electrons. The quantitative estimate of drug-likeness (QED) is 0.598. The molecule has 0 spiro atoms. The Bertz CT molecular complexity index is 248. The zero-order valence-electron chi connectivity index (χ0n) is 8.02. The molecular weight excluding hydrogens is 208 g/mol. The Balaban J connectivity index is 2.03. The second kappa shape index (κ2) is 5.65. The SMILES string of the molecule is O=S1(=O)CC[C@H](OCCOCCO)C1. The van der Waals surface area contributed by atoms with Gasteiger partial charge in [-0.2, -0.15) is 0 Å². The molecule has 1 saturated heterocycles. The third kappa shape index (κ3) is 4.36. The fraction of sp³-hybridized carbons (Fsp3) is 1.00. The third-order valence-corrected chi connectivity index (χ3v) is 3.74. The van der Waals surface area contributed by atoms with Crippen LogP contribution in [0.1, 0.15) is 6.42 Å². The molecule has 0 aliphatic carbocycles. The zero-order chi connectivity index (χ0) is 10.4. The van der Waals surface area contributed by atoms with Crippen molar-refractivity contribution in [1.29, 1.82) is 0 Å². The molecule has 1 rings (SSSR count). The van der Waals surface area contributed by atoms with Crippen LogP contribution in [0.4, 0.5) is 0 Å². The van der Waals surface area contributed by atoms with Crippen LogP contribution in [0.25, 0.3) is 0 Å². The number of hydrogen-bond donors (Lipinski definition) is 1. The van der Waals surface area contributed by atoms with E-state index in [2.05, 4.69) is 0 Å². The molecule has 0 aromatic rings. The lowest BCUT2D eigenvalue weighted by Crippen LogP contribution is -2.18. The zero-order valence-corrected chi connectivity index (χ0v) is 8.83. The molecule has 1 fully saturated rings. The standard InChI is InChI=1S/C8H16O5S/c9-2-3-12-4-5-13-8-1-6-14(10,11)7-8/h8-9H,1-7H2/t8-/m0/s1. The van der Waals surface area contributed by atoms with E-state index in [4.69, 9.17) is 14.6 Å². The Kier molecular flexibility index (Phi) is 4.80. The molecule has 1 aliphatic heterocycles. The maximum atomic E-state index is 11.0. The maximum Gasteiger partial charge on any atom is 0.152 e. The van der Waals surface area contributed by atoms with Crippen LogP contribution >= 0.6 is 0 Å². The lowest BCUT2D eigenvalue weighted by atomic mass is 10.3. The molecule has 6 heteroatoms. The van der Waals surface area contributed by atoms with Crippen molar-refractivity contribution in [3.63, 3.8) is 0 Å². The van der Waals surface area contributed by atoms with Crippen LogP contribution in [0.5, 0.6) is 0 Å². The molecular formula is C8H16O5S. The van der Waals surface area contributed by atoms with Gasteiger partial charge in [0.1, 0.15) is 0 Å². The van der Waals surface area contributed by atoms with Gasteiger partial charge in [-0.05, 0) is 6.42 Å². The van der Waals surface area contributed by atoms with Gasteiger partial charge < -0.3 is 14.6 Å². The molecule has 0 aromatic heterocycles. The first-order valence-corrected chi connectivity index (χ1v) is 6.47. The highest BCUT2D eigenvalue weighted by atomic mass is 32.2. The van der Waals surface area contributed by atoms with Crippen molar-refractivity contribution in [3.05, 3.63) is 0 Å². The van der Waals surface area contributed by atoms with Crippen molar-refractivity contribution in [2.24, 2.45) is 0 Å². The van der Waals surface area contributed by atoms with E-state index >= 15 is 0 Å². The van der Waals surface area contributed by atoms with Gasteiger partial charge in [-0.3, -0.25) is 0 Å². The smallest absolute Gasteiger partial charge is 0.152 e. The molecule has 0 unspecified atom stereocenters. The molecule has 0 aromatic carbocycles. The second-order valence-electron chi connectivity index (χ2n) is 3.23. The lowest BCUT2D eigenvalue weighted by molar-refractivity contribution is 0.00678. The van der Waals surface area contributed by atoms with E-state index in [-0.39, 0.29) is 24.2 Å². The predicted octanol–water partition coefficient (Wildman–Crippen LogP) is -0.801. The molecule has 0 bridgehead atoms. The van der Waals surface area contributed by atoms with Crippen molar-refractivity contribution in [3.8, 4) is 0 Å². The summed E-state index contributed by atoms with van der Waals surface area (Å²) < 4.78 is 32.3. The summed E-state index contributed by atoms with van der Waals surface area (Å²) in [5.74, 6) is 0.363. The van der Waals surface area contributed by atoms with Crippen LogP contribution in [-0.4, -0.2) is 57.6 Å². The molecule has 1 aliphatic rings. The topological polar surface area (TPSA) is 72.8 Å². The van der Waals surface area contributed by atoms with E-state index < -0.39 is 9.84 Å². The number of hydrogen-bond acceptors (Lipinski definition) is 5. The normalized spacial score (nSPS) is 25.4. The van der Waals surface area contributed by atoms with Crippen molar-refractivity contribution >= 4 is 9.84 Å². The van der Waals surface area contributed by atoms with Gasteiger partial charge in [0.15, 0.2) is 9.84 Å². The summed E-state index contributed by atoms with van der Waals surface area (Å²) in [6, 6.07) is 0. The number of ether oxygens (including phenoxy) is 2. The highest BCUT2D eigenvalue weighted by molar-refractivity contribution is 7.91. The van der Waals surface area contributed by atoms with Gasteiger partial charge in [0.05, 0.1) is 44.0 Å². The third-order valence-electron chi connectivity index (χ3n) is 2.01. The average Bonchev–Trinajstić information content (AvgIpc) is 2.45. The first-order chi connectivity index (χ1) is 6.64. The summed E-state index contributed by atoms with van der Waals surface area (Å²) in [4.78, 5) is 0. The number of aliphatic hydroxyl groups excluding tert-OH is 1. The van der Waals surface area contributed by atoms with Gasteiger partial charge >= 0.3 is 0 Å². The predicted molar refractivity (Wildman–Crippen MR) is 50.9 cm³/mol. The van der Waals surface area contributed by atoms with Gasteiger partial charge in [0, 0.05) is 0 Å². The summed E-state index contributed by atoms with van der Waals surface area (Å²) >= 11 is 0. The summed E-state index contributed by atoms with van der Waals surface area (Å²) in [5.41, 5.74) is 0. The van der Waals surface area contributed by atoms with Crippen molar-refractivity contribution in [2.45, 2.75) is 12.5 Å². The monoisotopic (exact) mass is 224 g/mol. The fourth-order valence-electron chi connectivity index (χ4n) is 1.33. The minimum absolute atomic E-state index is 0.00217. The molecule has 0 amide bonds. The molecule has 14 heavy (non-hydrogen) atoms. The van der Waals surface area contributed by atoms with Crippen molar-refractivity contribution in [1.82, 2.24) is 0 Å². The van der Waals surface area contributed by atoms with Gasteiger partial charge in [0.25, 0.3) is 0 Å². The lowest BCUT2D eigenvalue weighted by Gasteiger charge is -2.09. The Labute approximate surface area is 83.9 Å². The Morgan fingerprint density at radius 1 is 1.29 bits per heavy atom. The second-order valence-corrected chi connectivity index (χ2v) is 5.46. The summed E-state index contributed by atoms with van der Waals surface area (Å²) in [5, 5.41) is 8.40. The van der Waals surface area contributed by atoms with E-state index in [1.807, 2.05) is 0 Å². The van der Waals surface area contributed by atoms with E-state index in [9.17, 15) is 8.42 Å². The van der Waals surface area contributed by atoms with Crippen LogP contribution in [0.15, 0.2) is 0 Å². The summed E-state index contributed by atoms with van der Waals surface area (Å²) in [7, 11) is -2.85. The highest BCUT2D eigenvalue weighted by Crippen LogP contribution is 2.14. The van der Waals surface area contributed by atoms with Crippen molar-refractivity contribution in [2.75, 3.05) is 37.9 Å². The first kappa shape index (κ1) is 11.9. The van der Waals surface area contributed by atoms with Crippen LogP contribution in [0.3, 0.4) is 0 Å². The molecule has 84 valence electrons. The van der Waals surface area contributed by atoms with Crippen LogP contribution in [-0.2, 0) is 19.3 Å². The van der Waals surface area contributed by atoms with Crippen LogP contribution in [0.2, 0.25) is 0 Å². The molecule has 5 nitrogen and oxygen atoms in total. The number of aliphatic hydroxyl groups is 1. The molecule has 1 heterocycles. The maximum absolute atomic E-state index is 11.0. The van der Waals surface area contributed by atoms with Gasteiger partial charge in [-0.1, -0.05) is 0 Å². The Hall–Kier alpha value is -0.170. The molecule has 1 N–H and O–H groups in total. The van der Waals surface area contributed by atoms with Gasteiger partial charge in [-0.25, -0.2) is 8.42 Å². The van der Waals surface area contributed by atoms with E-state index in [1.54, 1.807) is 0 Å². The Morgan fingerprint density at radius 2 is 2.07 bits per heavy atom. The van der Waals surface area contributed by atoms with E-state index in [0.717, 1.165) is 0 Å². The Morgan fingerprint density at radius 3 is 2.64 bits per heavy atom. The average molecular weight is 224 g/mol. The van der Waals surface area contributed by atoms with Gasteiger partial charge in [-0.15, -0.1) is 0 Å². The minimum Gasteiger partial charge on any atom is -0.394 e. The minimum atomic E-state index is -2.85. The number of rotatable bonds is 6. The van der Waals surface area contributed by atoms with Crippen molar-refractivity contribution < 1.29 is 23.0 Å².